The van der Waals surface area contributed by atoms with E-state index in [9.17, 15) is 4.21 Å². The normalized spacial score (nSPS) is 12.7. The lowest BCUT2D eigenvalue weighted by molar-refractivity contribution is 0.631. The Bertz CT molecular complexity index is 1260. The first-order chi connectivity index (χ1) is 14.7. The number of fused-ring (bicyclic) bond motifs is 1. The second-order valence-corrected chi connectivity index (χ2v) is 9.89. The summed E-state index contributed by atoms with van der Waals surface area (Å²) < 4.78 is 17.8. The molecule has 0 aliphatic heterocycles. The van der Waals surface area contributed by atoms with E-state index in [-0.39, 0.29) is 5.54 Å². The van der Waals surface area contributed by atoms with Gasteiger partial charge in [-0.2, -0.15) is 5.10 Å². The highest BCUT2D eigenvalue weighted by Crippen LogP contribution is 2.27. The van der Waals surface area contributed by atoms with E-state index in [0.717, 1.165) is 33.7 Å². The minimum absolute atomic E-state index is 0.0749. The molecule has 0 amide bonds. The van der Waals surface area contributed by atoms with Gasteiger partial charge in [-0.3, -0.25) is 4.72 Å². The molecule has 0 saturated heterocycles. The van der Waals surface area contributed by atoms with Crippen LogP contribution in [0.2, 0.25) is 0 Å². The summed E-state index contributed by atoms with van der Waals surface area (Å²) in [7, 11) is -1.40. The fourth-order valence-corrected chi connectivity index (χ4v) is 4.19. The number of hydrogen-bond donors (Lipinski definition) is 2. The maximum atomic E-state index is 12.9. The molecule has 160 valence electrons. The first-order valence-corrected chi connectivity index (χ1v) is 11.3. The molecule has 0 aliphatic carbocycles. The van der Waals surface area contributed by atoms with Gasteiger partial charge in [0.05, 0.1) is 21.8 Å². The van der Waals surface area contributed by atoms with Crippen LogP contribution in [0.5, 0.6) is 0 Å². The van der Waals surface area contributed by atoms with E-state index < -0.39 is 11.0 Å². The smallest absolute Gasteiger partial charge is 0.151 e. The second-order valence-electron chi connectivity index (χ2n) is 8.68. The molecule has 0 saturated carbocycles. The highest BCUT2D eigenvalue weighted by molar-refractivity contribution is 7.86. The number of aryl methyl sites for hydroxylation is 2. The van der Waals surface area contributed by atoms with E-state index in [2.05, 4.69) is 35.9 Å². The molecule has 7 heteroatoms. The molecular weight excluding hydrogens is 406 g/mol. The lowest BCUT2D eigenvalue weighted by Crippen LogP contribution is -2.26. The number of aromatic nitrogens is 3. The molecule has 2 heterocycles. The van der Waals surface area contributed by atoms with Gasteiger partial charge in [-0.25, -0.2) is 13.9 Å². The lowest BCUT2D eigenvalue weighted by atomic mass is 10.1. The maximum absolute atomic E-state index is 12.9. The van der Waals surface area contributed by atoms with Crippen molar-refractivity contribution in [1.29, 1.82) is 0 Å². The van der Waals surface area contributed by atoms with Gasteiger partial charge in [0.25, 0.3) is 0 Å². The third-order valence-electron chi connectivity index (χ3n) is 4.70. The number of benzene rings is 2. The third-order valence-corrected chi connectivity index (χ3v) is 5.80. The monoisotopic (exact) mass is 433 g/mol. The van der Waals surface area contributed by atoms with Gasteiger partial charge >= 0.3 is 0 Å². The summed E-state index contributed by atoms with van der Waals surface area (Å²) in [5, 5.41) is 9.03. The van der Waals surface area contributed by atoms with E-state index >= 15 is 0 Å². The summed E-state index contributed by atoms with van der Waals surface area (Å²) in [5.74, 6) is 1.49. The quantitative estimate of drug-likeness (QED) is 0.443. The average Bonchev–Trinajstić information content (AvgIpc) is 3.06. The Hall–Kier alpha value is -3.19. The molecule has 0 aliphatic rings. The van der Waals surface area contributed by atoms with Crippen molar-refractivity contribution < 1.29 is 4.21 Å². The Morgan fingerprint density at radius 1 is 0.968 bits per heavy atom. The molecule has 2 aromatic carbocycles. The zero-order chi connectivity index (χ0) is 22.2. The first kappa shape index (κ1) is 21.1. The molecule has 1 unspecified atom stereocenters. The topological polar surface area (TPSA) is 71.8 Å². The number of hydrogen-bond acceptors (Lipinski definition) is 4. The van der Waals surface area contributed by atoms with Gasteiger partial charge in [0.15, 0.2) is 11.0 Å². The highest BCUT2D eigenvalue weighted by atomic mass is 32.2. The zero-order valence-electron chi connectivity index (χ0n) is 18.4. The molecule has 31 heavy (non-hydrogen) atoms. The fourth-order valence-electron chi connectivity index (χ4n) is 3.35. The van der Waals surface area contributed by atoms with Crippen molar-refractivity contribution in [1.82, 2.24) is 14.8 Å². The van der Waals surface area contributed by atoms with Crippen LogP contribution < -0.4 is 10.0 Å². The van der Waals surface area contributed by atoms with E-state index in [1.165, 1.54) is 0 Å². The summed E-state index contributed by atoms with van der Waals surface area (Å²) in [5.41, 5.74) is 3.63. The van der Waals surface area contributed by atoms with Crippen LogP contribution in [0.15, 0.2) is 65.6 Å². The number of pyridine rings is 1. The predicted molar refractivity (Wildman–Crippen MR) is 128 cm³/mol. The van der Waals surface area contributed by atoms with E-state index in [0.29, 0.717) is 10.7 Å². The predicted octanol–water partition coefficient (Wildman–Crippen LogP) is 5.38. The largest absolute Gasteiger partial charge is 0.365 e. The lowest BCUT2D eigenvalue weighted by Gasteiger charge is -2.21. The minimum Gasteiger partial charge on any atom is -0.365 e. The van der Waals surface area contributed by atoms with Crippen LogP contribution in [-0.4, -0.2) is 24.5 Å². The van der Waals surface area contributed by atoms with Gasteiger partial charge in [0, 0.05) is 17.0 Å². The molecule has 4 rings (SSSR count). The Morgan fingerprint density at radius 2 is 1.71 bits per heavy atom. The number of rotatable bonds is 5. The van der Waals surface area contributed by atoms with Gasteiger partial charge in [0.1, 0.15) is 11.6 Å². The molecule has 0 radical (unpaired) electrons. The summed E-state index contributed by atoms with van der Waals surface area (Å²) in [4.78, 5) is 5.48. The number of nitrogens with one attached hydrogen (secondary N) is 2. The third kappa shape index (κ3) is 4.77. The summed E-state index contributed by atoms with van der Waals surface area (Å²) >= 11 is 0. The van der Waals surface area contributed by atoms with Crippen LogP contribution in [0, 0.1) is 13.8 Å². The van der Waals surface area contributed by atoms with Crippen molar-refractivity contribution in [2.24, 2.45) is 0 Å². The molecule has 1 atom stereocenters. The number of nitrogens with zero attached hydrogens (tertiary/aromatic N) is 3. The highest BCUT2D eigenvalue weighted by Gasteiger charge is 2.15. The molecule has 0 fully saturated rings. The second kappa shape index (κ2) is 8.15. The number of anilines is 2. The molecule has 2 N–H and O–H groups in total. The van der Waals surface area contributed by atoms with Crippen LogP contribution in [0.4, 0.5) is 11.6 Å². The van der Waals surface area contributed by atoms with E-state index in [4.69, 9.17) is 4.98 Å². The molecule has 6 nitrogen and oxygen atoms in total. The standard InChI is InChI=1S/C24H27N5OS/c1-16-9-11-18(12-10-16)31(30)28-23-15-17(2)27-29(23)21-8-6-7-20-19(21)13-14-22(25-20)26-24(3,4)5/h6-15,28H,1-5H3,(H,25,26). The van der Waals surface area contributed by atoms with Gasteiger partial charge in [-0.1, -0.05) is 23.8 Å². The zero-order valence-corrected chi connectivity index (χ0v) is 19.2. The average molecular weight is 434 g/mol. The maximum Gasteiger partial charge on any atom is 0.151 e. The van der Waals surface area contributed by atoms with Gasteiger partial charge in [-0.05, 0) is 71.0 Å². The van der Waals surface area contributed by atoms with Crippen molar-refractivity contribution in [3.8, 4) is 5.69 Å². The molecule has 0 bridgehead atoms. The van der Waals surface area contributed by atoms with Crippen molar-refractivity contribution in [2.75, 3.05) is 10.0 Å². The Morgan fingerprint density at radius 3 is 2.42 bits per heavy atom. The fraction of sp³-hybridized carbons (Fsp3) is 0.250. The first-order valence-electron chi connectivity index (χ1n) is 10.2. The minimum atomic E-state index is -1.40. The van der Waals surface area contributed by atoms with E-state index in [1.54, 1.807) is 4.68 Å². The van der Waals surface area contributed by atoms with Crippen LogP contribution in [0.3, 0.4) is 0 Å². The Kier molecular flexibility index (Phi) is 5.54. The van der Waals surface area contributed by atoms with Crippen LogP contribution in [-0.2, 0) is 11.0 Å². The van der Waals surface area contributed by atoms with Crippen molar-refractivity contribution in [2.45, 2.75) is 45.1 Å². The van der Waals surface area contributed by atoms with Crippen LogP contribution >= 0.6 is 0 Å². The van der Waals surface area contributed by atoms with Crippen molar-refractivity contribution >= 4 is 33.5 Å². The van der Waals surface area contributed by atoms with Crippen LogP contribution in [0.25, 0.3) is 16.6 Å². The summed E-state index contributed by atoms with van der Waals surface area (Å²) in [6, 6.07) is 19.5. The molecule has 0 spiro atoms. The van der Waals surface area contributed by atoms with Gasteiger partial charge in [0.2, 0.25) is 0 Å². The molecule has 2 aromatic heterocycles. The molecule has 4 aromatic rings. The summed E-state index contributed by atoms with van der Waals surface area (Å²) in [6.07, 6.45) is 0. The van der Waals surface area contributed by atoms with Crippen LogP contribution in [0.1, 0.15) is 32.0 Å². The summed E-state index contributed by atoms with van der Waals surface area (Å²) in [6.45, 7) is 10.2. The molecular formula is C24H27N5OS. The van der Waals surface area contributed by atoms with Crippen molar-refractivity contribution in [3.05, 3.63) is 71.9 Å². The SMILES string of the molecule is Cc1ccc(S(=O)Nc2cc(C)nn2-c2cccc3nc(NC(C)(C)C)ccc23)cc1. The van der Waals surface area contributed by atoms with E-state index in [1.807, 2.05) is 74.5 Å². The Labute approximate surface area is 185 Å². The van der Waals surface area contributed by atoms with Gasteiger partial charge in [-0.15, -0.1) is 0 Å². The van der Waals surface area contributed by atoms with Gasteiger partial charge < -0.3 is 5.32 Å². The van der Waals surface area contributed by atoms with Crippen molar-refractivity contribution in [3.63, 3.8) is 0 Å². The Balaban J connectivity index is 1.71.